The van der Waals surface area contributed by atoms with Crippen LogP contribution in [-0.2, 0) is 4.79 Å². The van der Waals surface area contributed by atoms with Crippen LogP contribution in [0.3, 0.4) is 0 Å². The van der Waals surface area contributed by atoms with E-state index >= 15 is 0 Å². The first-order valence-corrected chi connectivity index (χ1v) is 9.28. The third-order valence-electron chi connectivity index (χ3n) is 5.97. The normalized spacial score (nSPS) is 31.4. The van der Waals surface area contributed by atoms with E-state index in [-0.39, 0.29) is 0 Å². The van der Waals surface area contributed by atoms with Crippen molar-refractivity contribution in [3.63, 3.8) is 0 Å². The van der Waals surface area contributed by atoms with Crippen LogP contribution < -0.4 is 5.32 Å². The number of carbonyl (C=O) groups is 1. The molecule has 2 saturated carbocycles. The summed E-state index contributed by atoms with van der Waals surface area (Å²) in [7, 11) is 0. The van der Waals surface area contributed by atoms with Crippen molar-refractivity contribution in [2.45, 2.75) is 70.8 Å². The lowest BCUT2D eigenvalue weighted by Gasteiger charge is -2.36. The van der Waals surface area contributed by atoms with Crippen molar-refractivity contribution in [1.29, 1.82) is 0 Å². The predicted octanol–water partition coefficient (Wildman–Crippen LogP) is 3.19. The van der Waals surface area contributed by atoms with Crippen molar-refractivity contribution in [1.82, 2.24) is 10.2 Å². The Balaban J connectivity index is 1.38. The smallest absolute Gasteiger partial charge is 0.225 e. The molecule has 0 unspecified atom stereocenters. The van der Waals surface area contributed by atoms with Crippen molar-refractivity contribution < 1.29 is 4.79 Å². The van der Waals surface area contributed by atoms with E-state index in [1.54, 1.807) is 0 Å². The first kappa shape index (κ1) is 15.3. The minimum atomic E-state index is 0.337. The Kier molecular flexibility index (Phi) is 5.20. The van der Waals surface area contributed by atoms with Gasteiger partial charge in [-0.2, -0.15) is 0 Å². The zero-order chi connectivity index (χ0) is 14.7. The van der Waals surface area contributed by atoms with E-state index in [2.05, 4.69) is 17.1 Å². The summed E-state index contributed by atoms with van der Waals surface area (Å²) in [6.45, 7) is 5.45. The number of hydrogen-bond acceptors (Lipinski definition) is 2. The molecule has 0 spiro atoms. The molecule has 1 aliphatic heterocycles. The number of piperidine rings is 1. The molecule has 1 N–H and O–H groups in total. The van der Waals surface area contributed by atoms with Gasteiger partial charge in [0.25, 0.3) is 0 Å². The molecule has 0 bridgehead atoms. The predicted molar refractivity (Wildman–Crippen MR) is 86.1 cm³/mol. The van der Waals surface area contributed by atoms with Gasteiger partial charge in [0.05, 0.1) is 0 Å². The largest absolute Gasteiger partial charge is 0.342 e. The van der Waals surface area contributed by atoms with Crippen LogP contribution in [0.1, 0.15) is 64.7 Å². The van der Waals surface area contributed by atoms with Gasteiger partial charge in [-0.25, -0.2) is 0 Å². The summed E-state index contributed by atoms with van der Waals surface area (Å²) >= 11 is 0. The van der Waals surface area contributed by atoms with Gasteiger partial charge in [-0.1, -0.05) is 13.3 Å². The summed E-state index contributed by atoms with van der Waals surface area (Å²) in [6, 6.07) is 0.658. The molecule has 0 aromatic heterocycles. The van der Waals surface area contributed by atoms with Gasteiger partial charge in [0.15, 0.2) is 0 Å². The first-order valence-electron chi connectivity index (χ1n) is 9.28. The lowest BCUT2D eigenvalue weighted by Crippen LogP contribution is -2.47. The molecule has 0 aromatic rings. The molecule has 3 heteroatoms. The topological polar surface area (TPSA) is 32.3 Å². The highest BCUT2D eigenvalue weighted by atomic mass is 16.2. The van der Waals surface area contributed by atoms with E-state index in [0.29, 0.717) is 17.9 Å². The minimum Gasteiger partial charge on any atom is -0.342 e. The number of carbonyl (C=O) groups excluding carboxylic acids is 1. The first-order chi connectivity index (χ1) is 10.3. The summed E-state index contributed by atoms with van der Waals surface area (Å²) in [5.41, 5.74) is 0. The number of rotatable bonds is 5. The molecule has 0 radical (unpaired) electrons. The molecule has 1 amide bonds. The molecule has 120 valence electrons. The standard InChI is InChI=1S/C18H32N2O/c1-2-14-5-7-16(8-6-14)18(21)20-11-9-17(10-12-20)19-13-15-3-4-15/h14-17,19H,2-13H2,1H3. The van der Waals surface area contributed by atoms with Gasteiger partial charge in [-0.15, -0.1) is 0 Å². The van der Waals surface area contributed by atoms with Gasteiger partial charge in [0, 0.05) is 25.0 Å². The number of nitrogens with one attached hydrogen (secondary N) is 1. The molecule has 0 aromatic carbocycles. The van der Waals surface area contributed by atoms with Gasteiger partial charge in [0.1, 0.15) is 0 Å². The average molecular weight is 292 g/mol. The third kappa shape index (κ3) is 4.21. The second-order valence-corrected chi connectivity index (χ2v) is 7.58. The molecule has 3 fully saturated rings. The molecule has 3 rings (SSSR count). The summed E-state index contributed by atoms with van der Waals surface area (Å²) in [5.74, 6) is 2.64. The Morgan fingerprint density at radius 1 is 0.952 bits per heavy atom. The highest BCUT2D eigenvalue weighted by Crippen LogP contribution is 2.32. The van der Waals surface area contributed by atoms with Gasteiger partial charge in [0.2, 0.25) is 5.91 Å². The van der Waals surface area contributed by atoms with Crippen molar-refractivity contribution in [2.24, 2.45) is 17.8 Å². The molecule has 1 saturated heterocycles. The zero-order valence-electron chi connectivity index (χ0n) is 13.7. The maximum atomic E-state index is 12.6. The van der Waals surface area contributed by atoms with Crippen LogP contribution in [-0.4, -0.2) is 36.5 Å². The summed E-state index contributed by atoms with van der Waals surface area (Å²) in [6.07, 6.45) is 11.3. The van der Waals surface area contributed by atoms with Crippen LogP contribution >= 0.6 is 0 Å². The van der Waals surface area contributed by atoms with Crippen molar-refractivity contribution in [3.8, 4) is 0 Å². The molecule has 21 heavy (non-hydrogen) atoms. The van der Waals surface area contributed by atoms with E-state index < -0.39 is 0 Å². The van der Waals surface area contributed by atoms with Crippen LogP contribution in [0.25, 0.3) is 0 Å². The van der Waals surface area contributed by atoms with E-state index in [0.717, 1.165) is 50.6 Å². The van der Waals surface area contributed by atoms with Gasteiger partial charge in [-0.05, 0) is 69.7 Å². The highest BCUT2D eigenvalue weighted by Gasteiger charge is 2.31. The van der Waals surface area contributed by atoms with Crippen molar-refractivity contribution in [3.05, 3.63) is 0 Å². The number of likely N-dealkylation sites (tertiary alicyclic amines) is 1. The monoisotopic (exact) mass is 292 g/mol. The number of nitrogens with zero attached hydrogens (tertiary/aromatic N) is 1. The van der Waals surface area contributed by atoms with Crippen LogP contribution in [0.5, 0.6) is 0 Å². The van der Waals surface area contributed by atoms with Gasteiger partial charge < -0.3 is 10.2 Å². The van der Waals surface area contributed by atoms with Gasteiger partial charge in [-0.3, -0.25) is 4.79 Å². The lowest BCUT2D eigenvalue weighted by atomic mass is 9.80. The summed E-state index contributed by atoms with van der Waals surface area (Å²) in [5, 5.41) is 3.70. The third-order valence-corrected chi connectivity index (χ3v) is 5.97. The van der Waals surface area contributed by atoms with Crippen molar-refractivity contribution >= 4 is 5.91 Å². The fourth-order valence-electron chi connectivity index (χ4n) is 4.04. The second-order valence-electron chi connectivity index (χ2n) is 7.58. The maximum absolute atomic E-state index is 12.6. The number of hydrogen-bond donors (Lipinski definition) is 1. The maximum Gasteiger partial charge on any atom is 0.225 e. The quantitative estimate of drug-likeness (QED) is 0.844. The minimum absolute atomic E-state index is 0.337. The van der Waals surface area contributed by atoms with Crippen molar-refractivity contribution in [2.75, 3.05) is 19.6 Å². The SMILES string of the molecule is CCC1CCC(C(=O)N2CCC(NCC3CC3)CC2)CC1. The van der Waals surface area contributed by atoms with E-state index in [4.69, 9.17) is 0 Å². The van der Waals surface area contributed by atoms with E-state index in [1.165, 1.54) is 38.6 Å². The molecule has 1 heterocycles. The van der Waals surface area contributed by atoms with Crippen LogP contribution in [0.15, 0.2) is 0 Å². The average Bonchev–Trinajstić information content (AvgIpc) is 3.37. The molecular weight excluding hydrogens is 260 g/mol. The fourth-order valence-corrected chi connectivity index (χ4v) is 4.04. The van der Waals surface area contributed by atoms with Crippen LogP contribution in [0.2, 0.25) is 0 Å². The van der Waals surface area contributed by atoms with E-state index in [9.17, 15) is 4.79 Å². The highest BCUT2D eigenvalue weighted by molar-refractivity contribution is 5.79. The molecule has 2 aliphatic carbocycles. The Hall–Kier alpha value is -0.570. The van der Waals surface area contributed by atoms with E-state index in [1.807, 2.05) is 0 Å². The van der Waals surface area contributed by atoms with Crippen LogP contribution in [0, 0.1) is 17.8 Å². The Labute approximate surface area is 129 Å². The Morgan fingerprint density at radius 3 is 2.14 bits per heavy atom. The summed E-state index contributed by atoms with van der Waals surface area (Å²) in [4.78, 5) is 14.8. The zero-order valence-corrected chi connectivity index (χ0v) is 13.7. The Morgan fingerprint density at radius 2 is 1.57 bits per heavy atom. The van der Waals surface area contributed by atoms with Gasteiger partial charge >= 0.3 is 0 Å². The second kappa shape index (κ2) is 7.13. The number of amides is 1. The lowest BCUT2D eigenvalue weighted by molar-refractivity contribution is -0.138. The molecular formula is C18H32N2O. The molecule has 3 nitrogen and oxygen atoms in total. The molecule has 0 atom stereocenters. The van der Waals surface area contributed by atoms with Crippen LogP contribution in [0.4, 0.5) is 0 Å². The summed E-state index contributed by atoms with van der Waals surface area (Å²) < 4.78 is 0. The Bertz CT molecular complexity index is 337. The molecule has 3 aliphatic rings. The fraction of sp³-hybridized carbons (Fsp3) is 0.944.